The van der Waals surface area contributed by atoms with Gasteiger partial charge >= 0.3 is 0 Å². The van der Waals surface area contributed by atoms with Crippen molar-refractivity contribution in [2.45, 2.75) is 6.04 Å². The Morgan fingerprint density at radius 1 is 1.20 bits per heavy atom. The highest BCUT2D eigenvalue weighted by Crippen LogP contribution is 2.28. The van der Waals surface area contributed by atoms with Gasteiger partial charge in [0.1, 0.15) is 11.9 Å². The Kier molecular flexibility index (Phi) is 3.43. The minimum Gasteiger partial charge on any atom is -0.353 e. The van der Waals surface area contributed by atoms with Crippen LogP contribution in [0.1, 0.15) is 11.6 Å². The number of aromatic nitrogens is 1. The van der Waals surface area contributed by atoms with Gasteiger partial charge in [-0.25, -0.2) is 4.39 Å². The highest BCUT2D eigenvalue weighted by atomic mass is 19.1. The van der Waals surface area contributed by atoms with E-state index in [4.69, 9.17) is 0 Å². The van der Waals surface area contributed by atoms with E-state index in [2.05, 4.69) is 15.6 Å². The van der Waals surface area contributed by atoms with Crippen LogP contribution in [0, 0.1) is 5.82 Å². The summed E-state index contributed by atoms with van der Waals surface area (Å²) in [6.45, 7) is 1.34. The fourth-order valence-electron chi connectivity index (χ4n) is 2.42. The van der Waals surface area contributed by atoms with Crippen LogP contribution < -0.4 is 10.6 Å². The molecule has 102 valence electrons. The lowest BCUT2D eigenvalue weighted by Gasteiger charge is -2.25. The summed E-state index contributed by atoms with van der Waals surface area (Å²) < 4.78 is 13.3. The number of benzene rings is 1. The third kappa shape index (κ3) is 2.40. The van der Waals surface area contributed by atoms with Crippen molar-refractivity contribution in [2.24, 2.45) is 0 Å². The molecule has 0 radical (unpaired) electrons. The van der Waals surface area contributed by atoms with E-state index in [0.29, 0.717) is 18.7 Å². The Bertz CT molecular complexity index is 645. The molecule has 3 rings (SSSR count). The number of nitrogens with one attached hydrogen (secondary N) is 2. The molecule has 0 spiro atoms. The molecule has 1 aliphatic heterocycles. The molecule has 5 heteroatoms. The average Bonchev–Trinajstić information content (AvgIpc) is 2.48. The molecular formula is C15H14FN3O. The lowest BCUT2D eigenvalue weighted by molar-refractivity contribution is -0.124. The minimum absolute atomic E-state index is 0.0620. The summed E-state index contributed by atoms with van der Waals surface area (Å²) in [4.78, 5) is 15.9. The van der Waals surface area contributed by atoms with Crippen molar-refractivity contribution in [1.82, 2.24) is 15.6 Å². The molecular weight excluding hydrogens is 257 g/mol. The fraction of sp³-hybridized carbons (Fsp3) is 0.200. The van der Waals surface area contributed by atoms with Gasteiger partial charge in [0.2, 0.25) is 5.91 Å². The first-order valence-corrected chi connectivity index (χ1v) is 6.46. The first-order valence-electron chi connectivity index (χ1n) is 6.46. The highest BCUT2D eigenvalue weighted by molar-refractivity contribution is 5.86. The van der Waals surface area contributed by atoms with Crippen molar-refractivity contribution in [2.75, 3.05) is 13.1 Å². The molecule has 1 amide bonds. The summed E-state index contributed by atoms with van der Waals surface area (Å²) >= 11 is 0. The lowest BCUT2D eigenvalue weighted by atomic mass is 9.94. The lowest BCUT2D eigenvalue weighted by Crippen LogP contribution is -2.47. The summed E-state index contributed by atoms with van der Waals surface area (Å²) in [6.07, 6.45) is 2.76. The van der Waals surface area contributed by atoms with Gasteiger partial charge in [0.05, 0.1) is 6.20 Å². The predicted octanol–water partition coefficient (Wildman–Crippen LogP) is 1.65. The maximum atomic E-state index is 13.3. The van der Waals surface area contributed by atoms with E-state index in [9.17, 15) is 9.18 Å². The van der Waals surface area contributed by atoms with Crippen molar-refractivity contribution in [1.29, 1.82) is 0 Å². The molecule has 0 bridgehead atoms. The van der Waals surface area contributed by atoms with E-state index in [1.807, 2.05) is 24.3 Å². The zero-order valence-electron chi connectivity index (χ0n) is 10.8. The molecule has 2 heterocycles. The van der Waals surface area contributed by atoms with E-state index >= 15 is 0 Å². The van der Waals surface area contributed by atoms with Crippen LogP contribution >= 0.6 is 0 Å². The standard InChI is InChI=1S/C15H14FN3O/c16-11-7-10(8-17-9-11)12-3-1-2-4-13(12)14-15(20)19-6-5-18-14/h1-4,7-9,14,18H,5-6H2,(H,19,20). The molecule has 0 saturated carbocycles. The summed E-state index contributed by atoms with van der Waals surface area (Å²) in [5.41, 5.74) is 2.31. The van der Waals surface area contributed by atoms with E-state index in [1.54, 1.807) is 6.20 Å². The van der Waals surface area contributed by atoms with Crippen molar-refractivity contribution < 1.29 is 9.18 Å². The number of rotatable bonds is 2. The topological polar surface area (TPSA) is 54.0 Å². The Hall–Kier alpha value is -2.27. The number of carbonyl (C=O) groups excluding carboxylic acids is 1. The Balaban J connectivity index is 2.06. The molecule has 1 saturated heterocycles. The number of pyridine rings is 1. The monoisotopic (exact) mass is 271 g/mol. The summed E-state index contributed by atoms with van der Waals surface area (Å²) in [5.74, 6) is -0.452. The molecule has 2 N–H and O–H groups in total. The van der Waals surface area contributed by atoms with Crippen LogP contribution in [0.5, 0.6) is 0 Å². The van der Waals surface area contributed by atoms with Crippen LogP contribution in [0.15, 0.2) is 42.7 Å². The van der Waals surface area contributed by atoms with Gasteiger partial charge in [-0.05, 0) is 17.2 Å². The van der Waals surface area contributed by atoms with Crippen LogP contribution in [0.4, 0.5) is 4.39 Å². The van der Waals surface area contributed by atoms with E-state index in [0.717, 1.165) is 17.3 Å². The summed E-state index contributed by atoms with van der Waals surface area (Å²) in [5, 5.41) is 6.01. The third-order valence-corrected chi connectivity index (χ3v) is 3.32. The zero-order valence-corrected chi connectivity index (χ0v) is 10.8. The van der Waals surface area contributed by atoms with E-state index in [-0.39, 0.29) is 5.91 Å². The van der Waals surface area contributed by atoms with E-state index < -0.39 is 11.9 Å². The quantitative estimate of drug-likeness (QED) is 0.873. The Morgan fingerprint density at radius 3 is 2.85 bits per heavy atom. The van der Waals surface area contributed by atoms with Gasteiger partial charge in [-0.3, -0.25) is 9.78 Å². The smallest absolute Gasteiger partial charge is 0.241 e. The van der Waals surface area contributed by atoms with Gasteiger partial charge < -0.3 is 10.6 Å². The number of nitrogens with zero attached hydrogens (tertiary/aromatic N) is 1. The SMILES string of the molecule is O=C1NCCNC1c1ccccc1-c1cncc(F)c1. The molecule has 1 fully saturated rings. The van der Waals surface area contributed by atoms with Crippen molar-refractivity contribution >= 4 is 5.91 Å². The molecule has 0 aliphatic carbocycles. The third-order valence-electron chi connectivity index (χ3n) is 3.32. The second kappa shape index (κ2) is 5.38. The molecule has 1 atom stereocenters. The first-order chi connectivity index (χ1) is 9.75. The maximum absolute atomic E-state index is 13.3. The van der Waals surface area contributed by atoms with Gasteiger partial charge in [-0.2, -0.15) is 0 Å². The highest BCUT2D eigenvalue weighted by Gasteiger charge is 2.25. The maximum Gasteiger partial charge on any atom is 0.241 e. The largest absolute Gasteiger partial charge is 0.353 e. The second-order valence-electron chi connectivity index (χ2n) is 4.66. The Labute approximate surface area is 116 Å². The van der Waals surface area contributed by atoms with Gasteiger partial charge in [0, 0.05) is 24.8 Å². The molecule has 1 unspecified atom stereocenters. The summed E-state index contributed by atoms with van der Waals surface area (Å²) in [7, 11) is 0. The first kappa shape index (κ1) is 12.7. The van der Waals surface area contributed by atoms with Gasteiger partial charge in [0.25, 0.3) is 0 Å². The van der Waals surface area contributed by atoms with E-state index in [1.165, 1.54) is 6.07 Å². The number of amides is 1. The van der Waals surface area contributed by atoms with Crippen molar-refractivity contribution in [3.05, 3.63) is 54.1 Å². The van der Waals surface area contributed by atoms with Crippen LogP contribution in [-0.4, -0.2) is 24.0 Å². The minimum atomic E-state index is -0.414. The summed E-state index contributed by atoms with van der Waals surface area (Å²) in [6, 6.07) is 8.49. The van der Waals surface area contributed by atoms with Crippen LogP contribution in [0.2, 0.25) is 0 Å². The predicted molar refractivity (Wildman–Crippen MR) is 73.4 cm³/mol. The number of hydrogen-bond donors (Lipinski definition) is 2. The van der Waals surface area contributed by atoms with Crippen LogP contribution in [-0.2, 0) is 4.79 Å². The molecule has 1 aromatic carbocycles. The van der Waals surface area contributed by atoms with Crippen molar-refractivity contribution in [3.8, 4) is 11.1 Å². The molecule has 2 aromatic rings. The molecule has 1 aliphatic rings. The molecule has 1 aromatic heterocycles. The van der Waals surface area contributed by atoms with Crippen LogP contribution in [0.25, 0.3) is 11.1 Å². The van der Waals surface area contributed by atoms with Gasteiger partial charge in [-0.1, -0.05) is 24.3 Å². The second-order valence-corrected chi connectivity index (χ2v) is 4.66. The zero-order chi connectivity index (χ0) is 13.9. The van der Waals surface area contributed by atoms with Crippen molar-refractivity contribution in [3.63, 3.8) is 0 Å². The molecule has 4 nitrogen and oxygen atoms in total. The van der Waals surface area contributed by atoms with Crippen LogP contribution in [0.3, 0.4) is 0 Å². The van der Waals surface area contributed by atoms with Gasteiger partial charge in [-0.15, -0.1) is 0 Å². The number of hydrogen-bond acceptors (Lipinski definition) is 3. The van der Waals surface area contributed by atoms with Gasteiger partial charge in [0.15, 0.2) is 0 Å². The molecule has 20 heavy (non-hydrogen) atoms. The number of halogens is 1. The normalized spacial score (nSPS) is 18.6. The number of piperazine rings is 1. The number of carbonyl (C=O) groups is 1. The fourth-order valence-corrected chi connectivity index (χ4v) is 2.42. The average molecular weight is 271 g/mol. The Morgan fingerprint density at radius 2 is 2.05 bits per heavy atom.